The van der Waals surface area contributed by atoms with Gasteiger partial charge in [0, 0.05) is 5.69 Å². The molecule has 23 heavy (non-hydrogen) atoms. The van der Waals surface area contributed by atoms with E-state index in [1.807, 2.05) is 0 Å². The lowest BCUT2D eigenvalue weighted by molar-refractivity contribution is -0.138. The molecule has 0 aliphatic carbocycles. The normalized spacial score (nSPS) is 12.8. The zero-order valence-corrected chi connectivity index (χ0v) is 13.4. The van der Waals surface area contributed by atoms with Crippen LogP contribution in [0.25, 0.3) is 0 Å². The molecule has 0 aliphatic rings. The molecular weight excluding hydrogens is 322 g/mol. The van der Waals surface area contributed by atoms with Gasteiger partial charge in [-0.1, -0.05) is 17.3 Å². The molecule has 1 atom stereocenters. The lowest BCUT2D eigenvalue weighted by atomic mass is 10.1. The van der Waals surface area contributed by atoms with Crippen molar-refractivity contribution in [1.82, 2.24) is 5.16 Å². The van der Waals surface area contributed by atoms with Gasteiger partial charge in [-0.05, 0) is 38.0 Å². The predicted molar refractivity (Wildman–Crippen MR) is 82.5 cm³/mol. The standard InChI is InChI=1S/C14H17N3O5S/c1-8-13(9(2)22-16-8)23(20,21)17-11-5-3-10(4-6-11)7-12(15)14(18)19/h3-6,12,17H,7,15H2,1-2H3,(H,18,19). The molecule has 0 bridgehead atoms. The zero-order chi connectivity index (χ0) is 17.2. The number of nitrogens with one attached hydrogen (secondary N) is 1. The molecule has 1 unspecified atom stereocenters. The van der Waals surface area contributed by atoms with Gasteiger partial charge in [-0.3, -0.25) is 9.52 Å². The van der Waals surface area contributed by atoms with Crippen LogP contribution in [0.4, 0.5) is 5.69 Å². The van der Waals surface area contributed by atoms with Crippen LogP contribution in [0.1, 0.15) is 17.0 Å². The molecule has 9 heteroatoms. The molecule has 0 saturated carbocycles. The lowest BCUT2D eigenvalue weighted by Crippen LogP contribution is -2.32. The maximum Gasteiger partial charge on any atom is 0.320 e. The number of rotatable bonds is 6. The number of sulfonamides is 1. The number of nitrogens with zero attached hydrogens (tertiary/aromatic N) is 1. The summed E-state index contributed by atoms with van der Waals surface area (Å²) in [5, 5.41) is 12.4. The van der Waals surface area contributed by atoms with Crippen molar-refractivity contribution in [3.05, 3.63) is 41.3 Å². The number of carbonyl (C=O) groups is 1. The summed E-state index contributed by atoms with van der Waals surface area (Å²) in [5.41, 5.74) is 6.77. The molecule has 124 valence electrons. The van der Waals surface area contributed by atoms with Crippen molar-refractivity contribution in [2.24, 2.45) is 5.73 Å². The van der Waals surface area contributed by atoms with Crippen molar-refractivity contribution in [3.8, 4) is 0 Å². The summed E-state index contributed by atoms with van der Waals surface area (Å²) in [6, 6.07) is 5.32. The van der Waals surface area contributed by atoms with Crippen LogP contribution >= 0.6 is 0 Å². The summed E-state index contributed by atoms with van der Waals surface area (Å²) >= 11 is 0. The Labute approximate surface area is 133 Å². The molecule has 0 saturated heterocycles. The van der Waals surface area contributed by atoms with E-state index < -0.39 is 22.0 Å². The van der Waals surface area contributed by atoms with Crippen LogP contribution in [0.5, 0.6) is 0 Å². The van der Waals surface area contributed by atoms with Gasteiger partial charge in [0.1, 0.15) is 11.7 Å². The molecule has 0 fully saturated rings. The third-order valence-corrected chi connectivity index (χ3v) is 4.84. The maximum atomic E-state index is 12.3. The van der Waals surface area contributed by atoms with E-state index in [2.05, 4.69) is 9.88 Å². The van der Waals surface area contributed by atoms with E-state index in [-0.39, 0.29) is 22.8 Å². The highest BCUT2D eigenvalue weighted by Crippen LogP contribution is 2.22. The Hall–Kier alpha value is -2.39. The van der Waals surface area contributed by atoms with Crippen LogP contribution in [0.2, 0.25) is 0 Å². The van der Waals surface area contributed by atoms with E-state index in [0.717, 1.165) is 0 Å². The fourth-order valence-corrected chi connectivity index (χ4v) is 3.50. The first-order valence-electron chi connectivity index (χ1n) is 6.73. The van der Waals surface area contributed by atoms with E-state index in [0.29, 0.717) is 11.3 Å². The van der Waals surface area contributed by atoms with Gasteiger partial charge in [-0.2, -0.15) is 0 Å². The number of anilines is 1. The topological polar surface area (TPSA) is 136 Å². The van der Waals surface area contributed by atoms with Crippen LogP contribution in [-0.2, 0) is 21.2 Å². The Morgan fingerprint density at radius 2 is 1.96 bits per heavy atom. The predicted octanol–water partition coefficient (Wildman–Crippen LogP) is 1.05. The van der Waals surface area contributed by atoms with Gasteiger partial charge in [-0.25, -0.2) is 8.42 Å². The summed E-state index contributed by atoms with van der Waals surface area (Å²) in [7, 11) is -3.81. The lowest BCUT2D eigenvalue weighted by Gasteiger charge is -2.10. The number of aromatic nitrogens is 1. The molecule has 0 spiro atoms. The summed E-state index contributed by atoms with van der Waals surface area (Å²) in [4.78, 5) is 10.7. The molecule has 4 N–H and O–H groups in total. The molecule has 0 amide bonds. The molecule has 8 nitrogen and oxygen atoms in total. The average Bonchev–Trinajstić information content (AvgIpc) is 2.80. The van der Waals surface area contributed by atoms with Crippen LogP contribution in [0.15, 0.2) is 33.7 Å². The smallest absolute Gasteiger partial charge is 0.320 e. The number of benzene rings is 1. The van der Waals surface area contributed by atoms with Crippen LogP contribution < -0.4 is 10.5 Å². The fraction of sp³-hybridized carbons (Fsp3) is 0.286. The number of carboxylic acid groups (broad SMARTS) is 1. The SMILES string of the molecule is Cc1noc(C)c1S(=O)(=O)Nc1ccc(CC(N)C(=O)O)cc1. The summed E-state index contributed by atoms with van der Waals surface area (Å²) in [6.07, 6.45) is 0.159. The van der Waals surface area contributed by atoms with Crippen molar-refractivity contribution in [3.63, 3.8) is 0 Å². The number of hydrogen-bond donors (Lipinski definition) is 3. The largest absolute Gasteiger partial charge is 0.480 e. The monoisotopic (exact) mass is 339 g/mol. The minimum absolute atomic E-state index is 0.00877. The van der Waals surface area contributed by atoms with E-state index in [9.17, 15) is 13.2 Å². The number of nitrogens with two attached hydrogens (primary N) is 1. The second-order valence-corrected chi connectivity index (χ2v) is 6.72. The van der Waals surface area contributed by atoms with Gasteiger partial charge in [0.05, 0.1) is 0 Å². The van der Waals surface area contributed by atoms with Gasteiger partial charge in [0.2, 0.25) is 0 Å². The highest BCUT2D eigenvalue weighted by Gasteiger charge is 2.24. The third-order valence-electron chi connectivity index (χ3n) is 3.22. The van der Waals surface area contributed by atoms with E-state index in [4.69, 9.17) is 15.4 Å². The Morgan fingerprint density at radius 1 is 1.35 bits per heavy atom. The Kier molecular flexibility index (Phi) is 4.71. The maximum absolute atomic E-state index is 12.3. The Balaban J connectivity index is 2.16. The van der Waals surface area contributed by atoms with Gasteiger partial charge in [-0.15, -0.1) is 0 Å². The minimum atomic E-state index is -3.81. The summed E-state index contributed by atoms with van der Waals surface area (Å²) in [6.45, 7) is 3.06. The first-order valence-corrected chi connectivity index (χ1v) is 8.22. The van der Waals surface area contributed by atoms with Crippen LogP contribution in [0, 0.1) is 13.8 Å². The Morgan fingerprint density at radius 3 is 2.43 bits per heavy atom. The molecule has 2 aromatic rings. The van der Waals surface area contributed by atoms with Crippen molar-refractivity contribution < 1.29 is 22.8 Å². The molecule has 1 heterocycles. The van der Waals surface area contributed by atoms with E-state index >= 15 is 0 Å². The molecule has 2 rings (SSSR count). The van der Waals surface area contributed by atoms with Crippen molar-refractivity contribution in [2.75, 3.05) is 4.72 Å². The second kappa shape index (κ2) is 6.39. The quantitative estimate of drug-likeness (QED) is 0.715. The molecule has 1 aromatic heterocycles. The van der Waals surface area contributed by atoms with Crippen LogP contribution in [0.3, 0.4) is 0 Å². The molecule has 0 radical (unpaired) electrons. The van der Waals surface area contributed by atoms with E-state index in [1.54, 1.807) is 31.2 Å². The third kappa shape index (κ3) is 3.88. The zero-order valence-electron chi connectivity index (χ0n) is 12.6. The number of aryl methyl sites for hydroxylation is 2. The first kappa shape index (κ1) is 17.0. The highest BCUT2D eigenvalue weighted by atomic mass is 32.2. The number of hydrogen-bond acceptors (Lipinski definition) is 6. The van der Waals surface area contributed by atoms with Crippen molar-refractivity contribution >= 4 is 21.7 Å². The van der Waals surface area contributed by atoms with Gasteiger partial charge in [0.15, 0.2) is 10.7 Å². The minimum Gasteiger partial charge on any atom is -0.480 e. The highest BCUT2D eigenvalue weighted by molar-refractivity contribution is 7.92. The molecule has 1 aromatic carbocycles. The van der Waals surface area contributed by atoms with Crippen LogP contribution in [-0.4, -0.2) is 30.7 Å². The number of aliphatic carboxylic acids is 1. The average molecular weight is 339 g/mol. The molecular formula is C14H17N3O5S. The Bertz CT molecular complexity index is 792. The van der Waals surface area contributed by atoms with Gasteiger partial charge in [0.25, 0.3) is 10.0 Å². The van der Waals surface area contributed by atoms with Crippen molar-refractivity contribution in [1.29, 1.82) is 0 Å². The second-order valence-electron chi connectivity index (χ2n) is 5.10. The van der Waals surface area contributed by atoms with Gasteiger partial charge < -0.3 is 15.4 Å². The van der Waals surface area contributed by atoms with Crippen molar-refractivity contribution in [2.45, 2.75) is 31.2 Å². The van der Waals surface area contributed by atoms with E-state index in [1.165, 1.54) is 6.92 Å². The summed E-state index contributed by atoms with van der Waals surface area (Å²) < 4.78 is 32.0. The summed E-state index contributed by atoms with van der Waals surface area (Å²) in [5.74, 6) is -0.882. The number of carboxylic acids is 1. The van der Waals surface area contributed by atoms with Gasteiger partial charge >= 0.3 is 5.97 Å². The fourth-order valence-electron chi connectivity index (χ4n) is 2.11. The first-order chi connectivity index (χ1) is 10.7. The molecule has 0 aliphatic heterocycles.